The van der Waals surface area contributed by atoms with Crippen LogP contribution < -0.4 is 4.74 Å². The number of carbonyl (C=O) groups excluding carboxylic acids is 1. The topological polar surface area (TPSA) is 26.3 Å². The van der Waals surface area contributed by atoms with Gasteiger partial charge in [0.05, 0.1) is 0 Å². The summed E-state index contributed by atoms with van der Waals surface area (Å²) in [6.07, 6.45) is 0. The molecular formula is C7H8O2Sr. The van der Waals surface area contributed by atoms with Crippen LogP contribution in [0.5, 0.6) is 5.75 Å². The molecule has 2 nitrogen and oxygen atoms in total. The first-order valence-corrected chi connectivity index (χ1v) is 2.59. The molecule has 0 aliphatic rings. The number of rotatable bonds is 2. The van der Waals surface area contributed by atoms with Crippen LogP contribution in [0.1, 0.15) is 0 Å². The maximum absolute atomic E-state index is 9.75. The SMILES string of the molecule is O=COc1ccccc1.[SrH2]. The number of benzene rings is 1. The van der Waals surface area contributed by atoms with Gasteiger partial charge in [0.25, 0.3) is 6.47 Å². The van der Waals surface area contributed by atoms with E-state index in [-0.39, 0.29) is 45.5 Å². The minimum atomic E-state index is 0. The molecule has 0 bridgehead atoms. The van der Waals surface area contributed by atoms with E-state index in [2.05, 4.69) is 4.74 Å². The quantitative estimate of drug-likeness (QED) is 0.520. The molecule has 0 aliphatic carbocycles. The summed E-state index contributed by atoms with van der Waals surface area (Å²) in [6, 6.07) is 8.90. The van der Waals surface area contributed by atoms with E-state index in [1.165, 1.54) is 0 Å². The van der Waals surface area contributed by atoms with Gasteiger partial charge in [0.15, 0.2) is 0 Å². The molecule has 1 aromatic carbocycles. The van der Waals surface area contributed by atoms with Crippen LogP contribution in [0, 0.1) is 0 Å². The summed E-state index contributed by atoms with van der Waals surface area (Å²) in [4.78, 5) is 9.75. The molecule has 50 valence electrons. The molecule has 0 unspecified atom stereocenters. The molecule has 0 amide bonds. The molecular weight excluding hydrogens is 204 g/mol. The van der Waals surface area contributed by atoms with Gasteiger partial charge in [-0.1, -0.05) is 18.2 Å². The summed E-state index contributed by atoms with van der Waals surface area (Å²) < 4.78 is 4.53. The van der Waals surface area contributed by atoms with Crippen LogP contribution in [0.15, 0.2) is 30.3 Å². The molecule has 0 N–H and O–H groups in total. The second-order valence-electron chi connectivity index (χ2n) is 1.53. The fourth-order valence-electron chi connectivity index (χ4n) is 0.555. The van der Waals surface area contributed by atoms with E-state index < -0.39 is 0 Å². The minimum absolute atomic E-state index is 0. The third kappa shape index (κ3) is 3.37. The number of ether oxygens (including phenoxy) is 1. The summed E-state index contributed by atoms with van der Waals surface area (Å²) in [5, 5.41) is 0. The van der Waals surface area contributed by atoms with Crippen LogP contribution in [0.2, 0.25) is 0 Å². The summed E-state index contributed by atoms with van der Waals surface area (Å²) in [7, 11) is 0. The van der Waals surface area contributed by atoms with Gasteiger partial charge in [0.1, 0.15) is 5.75 Å². The van der Waals surface area contributed by atoms with Crippen LogP contribution in [-0.4, -0.2) is 52.0 Å². The van der Waals surface area contributed by atoms with Crippen molar-refractivity contribution in [3.63, 3.8) is 0 Å². The predicted octanol–water partition coefficient (Wildman–Crippen LogP) is 0.306. The normalized spacial score (nSPS) is 7.60. The predicted molar refractivity (Wildman–Crippen MR) is 41.7 cm³/mol. The second-order valence-corrected chi connectivity index (χ2v) is 1.53. The van der Waals surface area contributed by atoms with E-state index in [0.29, 0.717) is 12.2 Å². The van der Waals surface area contributed by atoms with Crippen molar-refractivity contribution in [3.05, 3.63) is 30.3 Å². The van der Waals surface area contributed by atoms with Crippen LogP contribution in [0.4, 0.5) is 0 Å². The van der Waals surface area contributed by atoms with Crippen molar-refractivity contribution in [2.75, 3.05) is 0 Å². The second kappa shape index (κ2) is 5.92. The first kappa shape index (κ1) is 10.2. The number of hydrogen-bond donors (Lipinski definition) is 0. The molecule has 1 aromatic rings. The van der Waals surface area contributed by atoms with Gasteiger partial charge in [-0.05, 0) is 12.1 Å². The Hall–Kier alpha value is 0.171. The number of carbonyl (C=O) groups is 1. The van der Waals surface area contributed by atoms with E-state index in [1.807, 2.05) is 6.07 Å². The monoisotopic (exact) mass is 212 g/mol. The van der Waals surface area contributed by atoms with Crippen molar-refractivity contribution >= 4 is 52.0 Å². The standard InChI is InChI=1S/C7H6O2.Sr.2H/c8-6-9-7-4-2-1-3-5-7;;;/h1-6H;;;. The first-order valence-electron chi connectivity index (χ1n) is 2.59. The van der Waals surface area contributed by atoms with Crippen molar-refractivity contribution < 1.29 is 9.53 Å². The molecule has 0 aliphatic heterocycles. The van der Waals surface area contributed by atoms with Crippen molar-refractivity contribution in [2.45, 2.75) is 0 Å². The van der Waals surface area contributed by atoms with Crippen molar-refractivity contribution in [3.8, 4) is 5.75 Å². The van der Waals surface area contributed by atoms with Crippen molar-refractivity contribution in [1.29, 1.82) is 0 Å². The Labute approximate surface area is 96.5 Å². The Balaban J connectivity index is 0.000000810. The summed E-state index contributed by atoms with van der Waals surface area (Å²) in [6.45, 7) is 0.412. The zero-order valence-electron chi connectivity index (χ0n) is 4.78. The summed E-state index contributed by atoms with van der Waals surface area (Å²) >= 11 is 0. The van der Waals surface area contributed by atoms with Gasteiger partial charge in [0, 0.05) is 0 Å². The van der Waals surface area contributed by atoms with Gasteiger partial charge in [-0.25, -0.2) is 0 Å². The average Bonchev–Trinajstić information content (AvgIpc) is 1.91. The molecule has 0 saturated heterocycles. The third-order valence-electron chi connectivity index (χ3n) is 0.927. The zero-order valence-corrected chi connectivity index (χ0v) is 4.78. The molecule has 0 fully saturated rings. The number of hydrogen-bond acceptors (Lipinski definition) is 2. The van der Waals surface area contributed by atoms with E-state index >= 15 is 0 Å². The van der Waals surface area contributed by atoms with Crippen LogP contribution >= 0.6 is 0 Å². The molecule has 0 aromatic heterocycles. The molecule has 0 radical (unpaired) electrons. The van der Waals surface area contributed by atoms with Gasteiger partial charge in [-0.3, -0.25) is 4.79 Å². The van der Waals surface area contributed by atoms with E-state index in [9.17, 15) is 4.79 Å². The van der Waals surface area contributed by atoms with Gasteiger partial charge in [0.2, 0.25) is 0 Å². The molecule has 3 heteroatoms. The fraction of sp³-hybridized carbons (Fsp3) is 0. The van der Waals surface area contributed by atoms with E-state index in [1.54, 1.807) is 24.3 Å². The third-order valence-corrected chi connectivity index (χ3v) is 0.927. The van der Waals surface area contributed by atoms with Crippen molar-refractivity contribution in [2.24, 2.45) is 0 Å². The number of para-hydroxylation sites is 1. The van der Waals surface area contributed by atoms with Gasteiger partial charge >= 0.3 is 45.5 Å². The van der Waals surface area contributed by atoms with Gasteiger partial charge in [-0.15, -0.1) is 0 Å². The zero-order chi connectivity index (χ0) is 6.53. The fourth-order valence-corrected chi connectivity index (χ4v) is 0.555. The Morgan fingerprint density at radius 1 is 1.20 bits per heavy atom. The molecule has 0 heterocycles. The van der Waals surface area contributed by atoms with Crippen LogP contribution in [0.25, 0.3) is 0 Å². The van der Waals surface area contributed by atoms with Crippen LogP contribution in [-0.2, 0) is 4.79 Å². The Kier molecular flexibility index (Phi) is 6.02. The molecule has 0 saturated carbocycles. The Bertz CT molecular complexity index is 186. The molecule has 0 atom stereocenters. The Morgan fingerprint density at radius 2 is 1.80 bits per heavy atom. The molecule has 0 spiro atoms. The van der Waals surface area contributed by atoms with Crippen molar-refractivity contribution in [1.82, 2.24) is 0 Å². The van der Waals surface area contributed by atoms with Gasteiger partial charge in [-0.2, -0.15) is 0 Å². The van der Waals surface area contributed by atoms with Gasteiger partial charge < -0.3 is 4.74 Å². The van der Waals surface area contributed by atoms with E-state index in [0.717, 1.165) is 0 Å². The molecule has 10 heavy (non-hydrogen) atoms. The Morgan fingerprint density at radius 3 is 2.30 bits per heavy atom. The first-order chi connectivity index (χ1) is 4.43. The summed E-state index contributed by atoms with van der Waals surface area (Å²) in [5.74, 6) is 0.576. The molecule has 1 rings (SSSR count). The van der Waals surface area contributed by atoms with Crippen LogP contribution in [0.3, 0.4) is 0 Å². The maximum atomic E-state index is 9.75. The summed E-state index contributed by atoms with van der Waals surface area (Å²) in [5.41, 5.74) is 0. The average molecular weight is 212 g/mol. The van der Waals surface area contributed by atoms with E-state index in [4.69, 9.17) is 0 Å².